The van der Waals surface area contributed by atoms with E-state index < -0.39 is 0 Å². The summed E-state index contributed by atoms with van der Waals surface area (Å²) in [5.74, 6) is 0.166. The first kappa shape index (κ1) is 19.3. The smallest absolute Gasteiger partial charge is 0.295 e. The van der Waals surface area contributed by atoms with Crippen LogP contribution in [0.3, 0.4) is 0 Å². The molecule has 0 fully saturated rings. The second-order valence-electron chi connectivity index (χ2n) is 6.83. The van der Waals surface area contributed by atoms with Gasteiger partial charge in [-0.05, 0) is 42.8 Å². The summed E-state index contributed by atoms with van der Waals surface area (Å²) >= 11 is 0. The number of anilines is 1. The van der Waals surface area contributed by atoms with Gasteiger partial charge in [0.05, 0.1) is 23.2 Å². The number of carbonyl (C=O) groups is 1. The van der Waals surface area contributed by atoms with Crippen molar-refractivity contribution in [2.24, 2.45) is 7.05 Å². The van der Waals surface area contributed by atoms with Gasteiger partial charge in [0, 0.05) is 7.05 Å². The molecule has 0 aliphatic heterocycles. The van der Waals surface area contributed by atoms with Crippen LogP contribution in [0, 0.1) is 6.92 Å². The number of carbonyl (C=O) groups excluding carboxylic acids is 1. The van der Waals surface area contributed by atoms with E-state index in [1.54, 1.807) is 43.1 Å². The second-order valence-corrected chi connectivity index (χ2v) is 6.83. The quantitative estimate of drug-likeness (QED) is 0.510. The SMILES string of the molecule is Cc1c(NC(=O)/C(=C/c2ccco2)c2ccccc2)c(=O)n(-c2ccccc2)n1C. The Bertz CT molecular complexity index is 1250. The molecule has 6 nitrogen and oxygen atoms in total. The molecular formula is C24H21N3O3. The molecule has 1 N–H and O–H groups in total. The van der Waals surface area contributed by atoms with Crippen LogP contribution in [0.5, 0.6) is 0 Å². The zero-order valence-electron chi connectivity index (χ0n) is 16.7. The Kier molecular flexibility index (Phi) is 5.22. The number of nitrogens with one attached hydrogen (secondary N) is 1. The normalized spacial score (nSPS) is 11.5. The van der Waals surface area contributed by atoms with Gasteiger partial charge in [0.2, 0.25) is 0 Å². The summed E-state index contributed by atoms with van der Waals surface area (Å²) in [7, 11) is 1.79. The fourth-order valence-corrected chi connectivity index (χ4v) is 3.31. The molecule has 0 aliphatic carbocycles. The number of aromatic nitrogens is 2. The largest absolute Gasteiger partial charge is 0.465 e. The van der Waals surface area contributed by atoms with Crippen LogP contribution in [0.1, 0.15) is 17.0 Å². The topological polar surface area (TPSA) is 69.2 Å². The predicted octanol–water partition coefficient (Wildman–Crippen LogP) is 4.26. The van der Waals surface area contributed by atoms with E-state index in [0.717, 1.165) is 11.3 Å². The van der Waals surface area contributed by atoms with Crippen molar-refractivity contribution in [2.75, 3.05) is 5.32 Å². The summed E-state index contributed by atoms with van der Waals surface area (Å²) in [6.07, 6.45) is 3.21. The second kappa shape index (κ2) is 8.13. The van der Waals surface area contributed by atoms with Crippen molar-refractivity contribution >= 4 is 23.2 Å². The van der Waals surface area contributed by atoms with Gasteiger partial charge in [-0.15, -0.1) is 0 Å². The van der Waals surface area contributed by atoms with Crippen LogP contribution in [0.4, 0.5) is 5.69 Å². The molecule has 0 saturated heterocycles. The van der Waals surface area contributed by atoms with Crippen molar-refractivity contribution in [1.82, 2.24) is 9.36 Å². The lowest BCUT2D eigenvalue weighted by Gasteiger charge is -2.08. The average Bonchev–Trinajstić information content (AvgIpc) is 3.36. The Morgan fingerprint density at radius 1 is 0.967 bits per heavy atom. The number of hydrogen-bond donors (Lipinski definition) is 1. The molecule has 0 unspecified atom stereocenters. The van der Waals surface area contributed by atoms with Crippen LogP contribution < -0.4 is 10.9 Å². The molecule has 4 aromatic rings. The lowest BCUT2D eigenvalue weighted by atomic mass is 10.0. The molecule has 0 spiro atoms. The zero-order valence-corrected chi connectivity index (χ0v) is 16.7. The lowest BCUT2D eigenvalue weighted by Crippen LogP contribution is -2.23. The minimum absolute atomic E-state index is 0.243. The molecule has 0 aliphatic rings. The van der Waals surface area contributed by atoms with Crippen LogP contribution in [-0.4, -0.2) is 15.3 Å². The molecule has 1 amide bonds. The van der Waals surface area contributed by atoms with Crippen LogP contribution in [0.2, 0.25) is 0 Å². The number of nitrogens with zero attached hydrogens (tertiary/aromatic N) is 2. The van der Waals surface area contributed by atoms with E-state index in [1.165, 1.54) is 4.68 Å². The maximum atomic E-state index is 13.2. The average molecular weight is 399 g/mol. The highest BCUT2D eigenvalue weighted by Gasteiger charge is 2.20. The predicted molar refractivity (Wildman–Crippen MR) is 117 cm³/mol. The molecule has 0 radical (unpaired) electrons. The lowest BCUT2D eigenvalue weighted by molar-refractivity contribution is -0.111. The van der Waals surface area contributed by atoms with Crippen molar-refractivity contribution in [2.45, 2.75) is 6.92 Å². The van der Waals surface area contributed by atoms with Gasteiger partial charge < -0.3 is 9.73 Å². The molecule has 0 atom stereocenters. The first-order valence-electron chi connectivity index (χ1n) is 9.52. The van der Waals surface area contributed by atoms with Gasteiger partial charge in [-0.3, -0.25) is 14.3 Å². The summed E-state index contributed by atoms with van der Waals surface area (Å²) in [6, 6.07) is 22.1. The maximum Gasteiger partial charge on any atom is 0.295 e. The van der Waals surface area contributed by atoms with Gasteiger partial charge in [-0.25, -0.2) is 4.68 Å². The van der Waals surface area contributed by atoms with Gasteiger partial charge in [-0.2, -0.15) is 0 Å². The van der Waals surface area contributed by atoms with E-state index in [1.807, 2.05) is 60.7 Å². The van der Waals surface area contributed by atoms with Gasteiger partial charge >= 0.3 is 0 Å². The molecule has 2 aromatic carbocycles. The molecule has 30 heavy (non-hydrogen) atoms. The number of amides is 1. The molecule has 0 bridgehead atoms. The fourth-order valence-electron chi connectivity index (χ4n) is 3.31. The summed E-state index contributed by atoms with van der Waals surface area (Å²) < 4.78 is 8.65. The monoisotopic (exact) mass is 399 g/mol. The molecule has 6 heteroatoms. The summed E-state index contributed by atoms with van der Waals surface area (Å²) in [5.41, 5.74) is 2.46. The fraction of sp³-hybridized carbons (Fsp3) is 0.0833. The van der Waals surface area contributed by atoms with Crippen LogP contribution in [0.15, 0.2) is 88.3 Å². The van der Waals surface area contributed by atoms with Gasteiger partial charge in [-0.1, -0.05) is 48.5 Å². The number of hydrogen-bond acceptors (Lipinski definition) is 3. The zero-order chi connectivity index (χ0) is 21.1. The van der Waals surface area contributed by atoms with Gasteiger partial charge in [0.25, 0.3) is 11.5 Å². The number of furan rings is 1. The van der Waals surface area contributed by atoms with E-state index in [4.69, 9.17) is 4.42 Å². The Morgan fingerprint density at radius 3 is 2.27 bits per heavy atom. The standard InChI is InChI=1S/C24H21N3O3/c1-17-22(24(29)27(26(17)2)19-12-7-4-8-13-19)25-23(28)21(16-20-14-9-15-30-20)18-10-5-3-6-11-18/h3-16H,1-2H3,(H,25,28)/b21-16+. The first-order valence-corrected chi connectivity index (χ1v) is 9.52. The van der Waals surface area contributed by atoms with E-state index in [9.17, 15) is 9.59 Å². The first-order chi connectivity index (χ1) is 14.6. The van der Waals surface area contributed by atoms with Gasteiger partial charge in [0.15, 0.2) is 0 Å². The van der Waals surface area contributed by atoms with Crippen molar-refractivity contribution in [3.63, 3.8) is 0 Å². The van der Waals surface area contributed by atoms with E-state index >= 15 is 0 Å². The van der Waals surface area contributed by atoms with Crippen LogP contribution >= 0.6 is 0 Å². The van der Waals surface area contributed by atoms with E-state index in [2.05, 4.69) is 5.32 Å². The number of benzene rings is 2. The Balaban J connectivity index is 1.75. The minimum atomic E-state index is -0.386. The Hall–Kier alpha value is -4.06. The van der Waals surface area contributed by atoms with E-state index in [-0.39, 0.29) is 17.2 Å². The maximum absolute atomic E-state index is 13.2. The molecule has 4 rings (SSSR count). The van der Waals surface area contributed by atoms with Crippen LogP contribution in [-0.2, 0) is 11.8 Å². The van der Waals surface area contributed by atoms with Crippen molar-refractivity contribution < 1.29 is 9.21 Å². The molecule has 0 saturated carbocycles. The summed E-state index contributed by atoms with van der Waals surface area (Å²) in [5, 5.41) is 2.82. The molecule has 2 heterocycles. The highest BCUT2D eigenvalue weighted by Crippen LogP contribution is 2.22. The highest BCUT2D eigenvalue weighted by atomic mass is 16.3. The highest BCUT2D eigenvalue weighted by molar-refractivity contribution is 6.29. The number of rotatable bonds is 5. The molecular weight excluding hydrogens is 378 g/mol. The van der Waals surface area contributed by atoms with Crippen LogP contribution in [0.25, 0.3) is 17.3 Å². The third-order valence-electron chi connectivity index (χ3n) is 4.95. The molecule has 2 aromatic heterocycles. The Morgan fingerprint density at radius 2 is 1.63 bits per heavy atom. The number of para-hydroxylation sites is 1. The van der Waals surface area contributed by atoms with Gasteiger partial charge in [0.1, 0.15) is 11.4 Å². The molecule has 150 valence electrons. The summed E-state index contributed by atoms with van der Waals surface area (Å²) in [4.78, 5) is 26.3. The summed E-state index contributed by atoms with van der Waals surface area (Å²) in [6.45, 7) is 1.80. The minimum Gasteiger partial charge on any atom is -0.465 e. The Labute approximate surface area is 173 Å². The van der Waals surface area contributed by atoms with Crippen molar-refractivity contribution in [3.8, 4) is 5.69 Å². The van der Waals surface area contributed by atoms with Crippen molar-refractivity contribution in [3.05, 3.63) is 106 Å². The third kappa shape index (κ3) is 3.63. The van der Waals surface area contributed by atoms with E-state index in [0.29, 0.717) is 17.0 Å². The third-order valence-corrected chi connectivity index (χ3v) is 4.95. The van der Waals surface area contributed by atoms with Crippen molar-refractivity contribution in [1.29, 1.82) is 0 Å².